The number of hydrogen-bond acceptors (Lipinski definition) is 8. The summed E-state index contributed by atoms with van der Waals surface area (Å²) in [5.41, 5.74) is 0.456. The van der Waals surface area contributed by atoms with Gasteiger partial charge in [-0.1, -0.05) is 12.1 Å². The number of anilines is 2. The van der Waals surface area contributed by atoms with Crippen molar-refractivity contribution < 1.29 is 13.3 Å². The molecule has 34 heavy (non-hydrogen) atoms. The number of pyridine rings is 1. The first kappa shape index (κ1) is 23.1. The fraction of sp³-hybridized carbons (Fsp3) is 0.182. The van der Waals surface area contributed by atoms with Gasteiger partial charge in [0.25, 0.3) is 5.56 Å². The molecule has 10 nitrogen and oxygen atoms in total. The van der Waals surface area contributed by atoms with Gasteiger partial charge in [-0.25, -0.2) is 27.9 Å². The molecular formula is C22H22FN7O3S. The van der Waals surface area contributed by atoms with E-state index in [1.807, 2.05) is 0 Å². The molecule has 0 aliphatic heterocycles. The minimum Gasteiger partial charge on any atom is -0.494 e. The smallest absolute Gasteiger partial charge is 0.278 e. The van der Waals surface area contributed by atoms with E-state index in [1.54, 1.807) is 24.3 Å². The monoisotopic (exact) mass is 483 g/mol. The molecule has 4 aromatic rings. The molecule has 176 valence electrons. The molecule has 3 aromatic heterocycles. The van der Waals surface area contributed by atoms with Crippen molar-refractivity contribution >= 4 is 38.2 Å². The molecule has 0 aliphatic carbocycles. The number of nitrogens with one attached hydrogen (secondary N) is 1. The fourth-order valence-electron chi connectivity index (χ4n) is 3.28. The van der Waals surface area contributed by atoms with Gasteiger partial charge < -0.3 is 10.1 Å². The SMILES string of the molecule is C=CCn1c(=O)c2cnc(Nc3ccc(F)c(OC)c3)nc2n1-c1cccc(N=S(C)(C)=O)n1. The lowest BCUT2D eigenvalue weighted by atomic mass is 10.3. The Bertz CT molecular complexity index is 1580. The quantitative estimate of drug-likeness (QED) is 0.400. The molecule has 12 heteroatoms. The van der Waals surface area contributed by atoms with Gasteiger partial charge in [-0.2, -0.15) is 9.35 Å². The van der Waals surface area contributed by atoms with E-state index < -0.39 is 15.5 Å². The van der Waals surface area contributed by atoms with Crippen LogP contribution in [0.3, 0.4) is 0 Å². The van der Waals surface area contributed by atoms with Crippen molar-refractivity contribution in [1.82, 2.24) is 24.3 Å². The maximum atomic E-state index is 13.7. The summed E-state index contributed by atoms with van der Waals surface area (Å²) >= 11 is 0. The van der Waals surface area contributed by atoms with Crippen molar-refractivity contribution in [2.45, 2.75) is 6.54 Å². The second kappa shape index (κ2) is 9.06. The zero-order chi connectivity index (χ0) is 24.5. The summed E-state index contributed by atoms with van der Waals surface area (Å²) in [5.74, 6) is 0.355. The molecule has 0 fully saturated rings. The maximum Gasteiger partial charge on any atom is 0.278 e. The minimum atomic E-state index is -2.44. The fourth-order valence-corrected chi connectivity index (χ4v) is 3.83. The summed E-state index contributed by atoms with van der Waals surface area (Å²) < 4.78 is 38.0. The predicted octanol–water partition coefficient (Wildman–Crippen LogP) is 3.41. The van der Waals surface area contributed by atoms with Crippen LogP contribution in [0.15, 0.2) is 64.4 Å². The van der Waals surface area contributed by atoms with E-state index in [2.05, 4.69) is 31.2 Å². The Hall–Kier alpha value is -4.06. The van der Waals surface area contributed by atoms with E-state index in [4.69, 9.17) is 4.74 Å². The van der Waals surface area contributed by atoms with Gasteiger partial charge in [-0.3, -0.25) is 4.79 Å². The number of rotatable bonds is 7. The van der Waals surface area contributed by atoms with E-state index in [0.717, 1.165) is 0 Å². The van der Waals surface area contributed by atoms with Crippen LogP contribution in [0, 0.1) is 5.82 Å². The van der Waals surface area contributed by atoms with Gasteiger partial charge in [-0.05, 0) is 24.3 Å². The number of methoxy groups -OCH3 is 1. The van der Waals surface area contributed by atoms with Gasteiger partial charge in [0, 0.05) is 40.2 Å². The lowest BCUT2D eigenvalue weighted by Gasteiger charge is -2.11. The Balaban J connectivity index is 1.88. The number of aromatic nitrogens is 5. The average Bonchev–Trinajstić information content (AvgIpc) is 3.05. The second-order valence-electron chi connectivity index (χ2n) is 7.52. The molecule has 0 saturated heterocycles. The number of hydrogen-bond donors (Lipinski definition) is 1. The minimum absolute atomic E-state index is 0.0633. The lowest BCUT2D eigenvalue weighted by Crippen LogP contribution is -2.22. The number of allylic oxidation sites excluding steroid dienone is 1. The maximum absolute atomic E-state index is 13.7. The van der Waals surface area contributed by atoms with E-state index >= 15 is 0 Å². The van der Waals surface area contributed by atoms with Crippen LogP contribution in [0.5, 0.6) is 5.75 Å². The molecule has 3 heterocycles. The molecule has 0 saturated carbocycles. The van der Waals surface area contributed by atoms with Gasteiger partial charge in [0.1, 0.15) is 5.39 Å². The van der Waals surface area contributed by atoms with E-state index in [9.17, 15) is 13.4 Å². The summed E-state index contributed by atoms with van der Waals surface area (Å²) in [6, 6.07) is 9.26. The molecule has 0 aliphatic rings. The number of fused-ring (bicyclic) bond motifs is 1. The summed E-state index contributed by atoms with van der Waals surface area (Å²) in [6.45, 7) is 3.91. The molecule has 4 rings (SSSR count). The molecule has 0 spiro atoms. The highest BCUT2D eigenvalue weighted by atomic mass is 32.2. The third kappa shape index (κ3) is 4.66. The highest BCUT2D eigenvalue weighted by Crippen LogP contribution is 2.24. The Morgan fingerprint density at radius 2 is 2.06 bits per heavy atom. The highest BCUT2D eigenvalue weighted by molar-refractivity contribution is 7.92. The molecule has 0 amide bonds. The van der Waals surface area contributed by atoms with Crippen LogP contribution >= 0.6 is 0 Å². The first-order chi connectivity index (χ1) is 16.2. The topological polar surface area (TPSA) is 116 Å². The van der Waals surface area contributed by atoms with E-state index in [-0.39, 0.29) is 40.7 Å². The molecular weight excluding hydrogens is 461 g/mol. The average molecular weight is 484 g/mol. The van der Waals surface area contributed by atoms with Crippen molar-refractivity contribution in [3.05, 3.63) is 71.4 Å². The van der Waals surface area contributed by atoms with E-state index in [1.165, 1.54) is 53.4 Å². The van der Waals surface area contributed by atoms with E-state index in [0.29, 0.717) is 11.5 Å². The van der Waals surface area contributed by atoms with Crippen LogP contribution in [-0.4, -0.2) is 48.1 Å². The van der Waals surface area contributed by atoms with Gasteiger partial charge in [0.15, 0.2) is 28.8 Å². The van der Waals surface area contributed by atoms with Crippen molar-refractivity contribution in [2.75, 3.05) is 24.9 Å². The number of benzene rings is 1. The Morgan fingerprint density at radius 3 is 2.76 bits per heavy atom. The lowest BCUT2D eigenvalue weighted by molar-refractivity contribution is 0.387. The standard InChI is InChI=1S/C22H22FN7O3S/c1-5-11-29-21(31)15-13-24-22(25-14-9-10-16(23)17(12-14)33-2)27-20(15)30(29)19-8-6-7-18(26-19)28-34(3,4)32/h5-10,12-13H,1,11H2,2-4H3,(H,24,25,27). The summed E-state index contributed by atoms with van der Waals surface area (Å²) in [7, 11) is -1.07. The van der Waals surface area contributed by atoms with Crippen LogP contribution in [-0.2, 0) is 16.3 Å². The molecule has 1 N–H and O–H groups in total. The van der Waals surface area contributed by atoms with Gasteiger partial charge >= 0.3 is 0 Å². The zero-order valence-corrected chi connectivity index (χ0v) is 19.5. The molecule has 1 aromatic carbocycles. The largest absolute Gasteiger partial charge is 0.494 e. The van der Waals surface area contributed by atoms with Gasteiger partial charge in [0.05, 0.1) is 13.7 Å². The molecule has 0 bridgehead atoms. The van der Waals surface area contributed by atoms with Crippen molar-refractivity contribution in [1.29, 1.82) is 0 Å². The summed E-state index contributed by atoms with van der Waals surface area (Å²) in [4.78, 5) is 26.3. The second-order valence-corrected chi connectivity index (χ2v) is 10.1. The number of ether oxygens (including phenoxy) is 1. The molecule has 0 unspecified atom stereocenters. The Morgan fingerprint density at radius 1 is 1.26 bits per heavy atom. The van der Waals surface area contributed by atoms with Crippen LogP contribution in [0.25, 0.3) is 16.9 Å². The van der Waals surface area contributed by atoms with Gasteiger partial charge in [-0.15, -0.1) is 6.58 Å². The zero-order valence-electron chi connectivity index (χ0n) is 18.7. The first-order valence-electron chi connectivity index (χ1n) is 10.0. The Kier molecular flexibility index (Phi) is 6.16. The molecule has 0 atom stereocenters. The summed E-state index contributed by atoms with van der Waals surface area (Å²) in [6.07, 6.45) is 6.00. The van der Waals surface area contributed by atoms with Crippen molar-refractivity contribution in [3.63, 3.8) is 0 Å². The number of nitrogens with zero attached hydrogens (tertiary/aromatic N) is 6. The first-order valence-corrected chi connectivity index (χ1v) is 12.4. The summed E-state index contributed by atoms with van der Waals surface area (Å²) in [5, 5.41) is 3.26. The highest BCUT2D eigenvalue weighted by Gasteiger charge is 2.18. The van der Waals surface area contributed by atoms with Crippen molar-refractivity contribution in [3.8, 4) is 11.6 Å². The van der Waals surface area contributed by atoms with Crippen LogP contribution in [0.1, 0.15) is 0 Å². The normalized spacial score (nSPS) is 11.4. The van der Waals surface area contributed by atoms with Crippen LogP contribution < -0.4 is 15.6 Å². The van der Waals surface area contributed by atoms with Crippen LogP contribution in [0.2, 0.25) is 0 Å². The predicted molar refractivity (Wildman–Crippen MR) is 129 cm³/mol. The van der Waals surface area contributed by atoms with Gasteiger partial charge in [0.2, 0.25) is 5.95 Å². The molecule has 0 radical (unpaired) electrons. The van der Waals surface area contributed by atoms with Crippen LogP contribution in [0.4, 0.5) is 21.8 Å². The van der Waals surface area contributed by atoms with Crippen molar-refractivity contribution in [2.24, 2.45) is 4.36 Å². The third-order valence-electron chi connectivity index (χ3n) is 4.63. The number of halogens is 1. The third-order valence-corrected chi connectivity index (χ3v) is 5.26. The Labute approximate surface area is 194 Å².